The summed E-state index contributed by atoms with van der Waals surface area (Å²) in [5.41, 5.74) is 3.11. The normalized spacial score (nSPS) is 16.6. The number of carbonyl (C=O) groups is 2. The van der Waals surface area contributed by atoms with E-state index in [4.69, 9.17) is 0 Å². The van der Waals surface area contributed by atoms with E-state index in [0.717, 1.165) is 11.3 Å². The predicted molar refractivity (Wildman–Crippen MR) is 104 cm³/mol. The van der Waals surface area contributed by atoms with Crippen molar-refractivity contribution in [2.24, 2.45) is 5.92 Å². The van der Waals surface area contributed by atoms with E-state index in [1.165, 1.54) is 5.56 Å². The molecule has 0 aliphatic carbocycles. The number of aryl methyl sites for hydroxylation is 1. The summed E-state index contributed by atoms with van der Waals surface area (Å²) in [5, 5.41) is 0. The second-order valence-corrected chi connectivity index (χ2v) is 6.73. The maximum atomic E-state index is 13.0. The fourth-order valence-corrected chi connectivity index (χ4v) is 3.28. The Kier molecular flexibility index (Phi) is 5.52. The van der Waals surface area contributed by atoms with Crippen molar-refractivity contribution in [2.45, 2.75) is 19.9 Å². The quantitative estimate of drug-likeness (QED) is 0.749. The molecule has 0 saturated carbocycles. The van der Waals surface area contributed by atoms with E-state index >= 15 is 0 Å². The van der Waals surface area contributed by atoms with Gasteiger partial charge >= 0.3 is 0 Å². The molecule has 0 spiro atoms. The summed E-state index contributed by atoms with van der Waals surface area (Å²) < 4.78 is 0. The van der Waals surface area contributed by atoms with Crippen LogP contribution in [0.2, 0.25) is 0 Å². The fourth-order valence-electron chi connectivity index (χ4n) is 3.28. The molecule has 4 heteroatoms. The van der Waals surface area contributed by atoms with Crippen molar-refractivity contribution in [2.75, 3.05) is 18.0 Å². The van der Waals surface area contributed by atoms with Crippen LogP contribution < -0.4 is 4.90 Å². The monoisotopic (exact) mass is 348 g/mol. The molecular formula is C22H24N2O2. The highest BCUT2D eigenvalue weighted by Gasteiger charge is 2.36. The van der Waals surface area contributed by atoms with Crippen LogP contribution in [0.1, 0.15) is 17.5 Å². The van der Waals surface area contributed by atoms with Crippen LogP contribution in [0.4, 0.5) is 5.69 Å². The van der Waals surface area contributed by atoms with E-state index in [1.807, 2.05) is 61.5 Å². The number of rotatable bonds is 6. The highest BCUT2D eigenvalue weighted by atomic mass is 16.2. The van der Waals surface area contributed by atoms with Crippen LogP contribution in [-0.4, -0.2) is 29.8 Å². The number of carbonyl (C=O) groups excluding carboxylic acids is 2. The van der Waals surface area contributed by atoms with E-state index in [1.54, 1.807) is 15.9 Å². The smallest absolute Gasteiger partial charge is 0.232 e. The van der Waals surface area contributed by atoms with Gasteiger partial charge in [-0.3, -0.25) is 9.59 Å². The van der Waals surface area contributed by atoms with Gasteiger partial charge in [0.05, 0.1) is 5.92 Å². The molecule has 0 N–H and O–H groups in total. The second-order valence-electron chi connectivity index (χ2n) is 6.73. The predicted octanol–water partition coefficient (Wildman–Crippen LogP) is 3.56. The first-order valence-electron chi connectivity index (χ1n) is 8.89. The second kappa shape index (κ2) is 8.00. The molecule has 1 heterocycles. The average Bonchev–Trinajstić information content (AvgIpc) is 3.02. The SMILES string of the molecule is C=CCN(C(=O)C1CC(=O)N(Cc2ccc(C)cc2)C1)c1ccccc1. The first-order chi connectivity index (χ1) is 12.6. The third-order valence-electron chi connectivity index (χ3n) is 4.70. The molecule has 1 fully saturated rings. The van der Waals surface area contributed by atoms with Gasteiger partial charge < -0.3 is 9.80 Å². The van der Waals surface area contributed by atoms with Gasteiger partial charge in [-0.05, 0) is 24.6 Å². The first kappa shape index (κ1) is 17.9. The summed E-state index contributed by atoms with van der Waals surface area (Å²) in [5.74, 6) is -0.292. The standard InChI is InChI=1S/C22H24N2O2/c1-3-13-24(20-7-5-4-6-8-20)22(26)19-14-21(25)23(16-19)15-18-11-9-17(2)10-12-18/h3-12,19H,1,13-16H2,2H3. The van der Waals surface area contributed by atoms with Gasteiger partial charge in [0, 0.05) is 31.7 Å². The number of hydrogen-bond donors (Lipinski definition) is 0. The number of nitrogens with zero attached hydrogens (tertiary/aromatic N) is 2. The summed E-state index contributed by atoms with van der Waals surface area (Å²) in [6.07, 6.45) is 1.98. The molecule has 2 aromatic rings. The number of para-hydroxylation sites is 1. The maximum absolute atomic E-state index is 13.0. The molecule has 0 aromatic heterocycles. The molecule has 0 bridgehead atoms. The van der Waals surface area contributed by atoms with E-state index in [2.05, 4.69) is 6.58 Å². The van der Waals surface area contributed by atoms with Gasteiger partial charge in [-0.2, -0.15) is 0 Å². The highest BCUT2D eigenvalue weighted by Crippen LogP contribution is 2.25. The molecule has 1 aliphatic rings. The van der Waals surface area contributed by atoms with Gasteiger partial charge in [0.15, 0.2) is 0 Å². The zero-order valence-corrected chi connectivity index (χ0v) is 15.1. The fraction of sp³-hybridized carbons (Fsp3) is 0.273. The average molecular weight is 348 g/mol. The maximum Gasteiger partial charge on any atom is 0.232 e. The van der Waals surface area contributed by atoms with Crippen molar-refractivity contribution in [1.82, 2.24) is 4.90 Å². The Balaban J connectivity index is 1.71. The lowest BCUT2D eigenvalue weighted by Crippen LogP contribution is -2.37. The third-order valence-corrected chi connectivity index (χ3v) is 4.70. The molecule has 26 heavy (non-hydrogen) atoms. The number of benzene rings is 2. The number of anilines is 1. The third kappa shape index (κ3) is 4.02. The van der Waals surface area contributed by atoms with Crippen LogP contribution in [0.15, 0.2) is 67.3 Å². The number of amides is 2. The van der Waals surface area contributed by atoms with E-state index in [0.29, 0.717) is 19.6 Å². The van der Waals surface area contributed by atoms with Gasteiger partial charge in [0.2, 0.25) is 11.8 Å². The zero-order valence-electron chi connectivity index (χ0n) is 15.1. The molecule has 1 saturated heterocycles. The summed E-state index contributed by atoms with van der Waals surface area (Å²) in [6, 6.07) is 17.7. The summed E-state index contributed by atoms with van der Waals surface area (Å²) >= 11 is 0. The minimum atomic E-state index is -0.312. The van der Waals surface area contributed by atoms with Crippen LogP contribution in [0, 0.1) is 12.8 Å². The topological polar surface area (TPSA) is 40.6 Å². The summed E-state index contributed by atoms with van der Waals surface area (Å²) in [4.78, 5) is 28.9. The molecule has 1 atom stereocenters. The minimum absolute atomic E-state index is 0.0177. The van der Waals surface area contributed by atoms with Gasteiger partial charge in [-0.15, -0.1) is 6.58 Å². The molecule has 3 rings (SSSR count). The Morgan fingerprint density at radius 1 is 1.19 bits per heavy atom. The van der Waals surface area contributed by atoms with Crippen molar-refractivity contribution in [3.05, 3.63) is 78.4 Å². The van der Waals surface area contributed by atoms with E-state index in [-0.39, 0.29) is 24.2 Å². The highest BCUT2D eigenvalue weighted by molar-refractivity contribution is 5.99. The van der Waals surface area contributed by atoms with E-state index in [9.17, 15) is 9.59 Å². The zero-order chi connectivity index (χ0) is 18.5. The Bertz CT molecular complexity index is 784. The van der Waals surface area contributed by atoms with Crippen molar-refractivity contribution >= 4 is 17.5 Å². The molecule has 134 valence electrons. The first-order valence-corrected chi connectivity index (χ1v) is 8.89. The van der Waals surface area contributed by atoms with Crippen molar-refractivity contribution in [3.63, 3.8) is 0 Å². The minimum Gasteiger partial charge on any atom is -0.338 e. The Morgan fingerprint density at radius 3 is 2.54 bits per heavy atom. The molecule has 2 amide bonds. The van der Waals surface area contributed by atoms with Crippen molar-refractivity contribution in [3.8, 4) is 0 Å². The molecule has 4 nitrogen and oxygen atoms in total. The molecule has 2 aromatic carbocycles. The summed E-state index contributed by atoms with van der Waals surface area (Å²) in [6.45, 7) is 7.25. The Labute approximate surface area is 154 Å². The van der Waals surface area contributed by atoms with Gasteiger partial charge in [-0.1, -0.05) is 54.1 Å². The van der Waals surface area contributed by atoms with Gasteiger partial charge in [0.25, 0.3) is 0 Å². The lowest BCUT2D eigenvalue weighted by molar-refractivity contribution is -0.128. The molecule has 0 radical (unpaired) electrons. The largest absolute Gasteiger partial charge is 0.338 e. The van der Waals surface area contributed by atoms with Crippen LogP contribution in [0.5, 0.6) is 0 Å². The van der Waals surface area contributed by atoms with Crippen LogP contribution in [-0.2, 0) is 16.1 Å². The molecular weight excluding hydrogens is 324 g/mol. The Hall–Kier alpha value is -2.88. The van der Waals surface area contributed by atoms with Gasteiger partial charge in [-0.25, -0.2) is 0 Å². The Morgan fingerprint density at radius 2 is 1.88 bits per heavy atom. The number of likely N-dealkylation sites (tertiary alicyclic amines) is 1. The van der Waals surface area contributed by atoms with Gasteiger partial charge in [0.1, 0.15) is 0 Å². The summed E-state index contributed by atoms with van der Waals surface area (Å²) in [7, 11) is 0. The van der Waals surface area contributed by atoms with Crippen molar-refractivity contribution in [1.29, 1.82) is 0 Å². The molecule has 1 unspecified atom stereocenters. The van der Waals surface area contributed by atoms with Crippen LogP contribution >= 0.6 is 0 Å². The lowest BCUT2D eigenvalue weighted by atomic mass is 10.1. The van der Waals surface area contributed by atoms with Crippen molar-refractivity contribution < 1.29 is 9.59 Å². The lowest BCUT2D eigenvalue weighted by Gasteiger charge is -2.24. The molecule has 1 aliphatic heterocycles. The van der Waals surface area contributed by atoms with Crippen LogP contribution in [0.3, 0.4) is 0 Å². The number of hydrogen-bond acceptors (Lipinski definition) is 2. The van der Waals surface area contributed by atoms with Crippen LogP contribution in [0.25, 0.3) is 0 Å². The van der Waals surface area contributed by atoms with E-state index < -0.39 is 0 Å².